The zero-order valence-corrected chi connectivity index (χ0v) is 20.6. The Kier molecular flexibility index (Phi) is 9.16. The maximum absolute atomic E-state index is 12.4. The number of hydrogen-bond acceptors (Lipinski definition) is 5. The number of hydrogen-bond donors (Lipinski definition) is 1. The smallest absolute Gasteiger partial charge is 0.251 e. The van der Waals surface area contributed by atoms with Crippen LogP contribution in [0.4, 0.5) is 0 Å². The molecule has 0 radical (unpaired) electrons. The van der Waals surface area contributed by atoms with Crippen LogP contribution >= 0.6 is 11.8 Å². The largest absolute Gasteiger partial charge is 0.351 e. The van der Waals surface area contributed by atoms with Crippen molar-refractivity contribution in [1.82, 2.24) is 14.5 Å². The molecule has 32 heavy (non-hydrogen) atoms. The van der Waals surface area contributed by atoms with Crippen molar-refractivity contribution < 1.29 is 13.2 Å². The van der Waals surface area contributed by atoms with Gasteiger partial charge in [0.05, 0.1) is 5.75 Å². The van der Waals surface area contributed by atoms with E-state index >= 15 is 0 Å². The summed E-state index contributed by atoms with van der Waals surface area (Å²) in [7, 11) is -3.10. The van der Waals surface area contributed by atoms with Gasteiger partial charge in [0.25, 0.3) is 5.91 Å². The van der Waals surface area contributed by atoms with E-state index in [0.29, 0.717) is 25.2 Å². The van der Waals surface area contributed by atoms with E-state index < -0.39 is 10.0 Å². The molecule has 1 saturated heterocycles. The Bertz CT molecular complexity index is 986. The minimum Gasteiger partial charge on any atom is -0.351 e. The van der Waals surface area contributed by atoms with Gasteiger partial charge in [-0.05, 0) is 42.7 Å². The molecular weight excluding hydrogens is 442 g/mol. The second-order valence-corrected chi connectivity index (χ2v) is 11.4. The van der Waals surface area contributed by atoms with Crippen molar-refractivity contribution in [3.63, 3.8) is 0 Å². The maximum atomic E-state index is 12.4. The summed E-state index contributed by atoms with van der Waals surface area (Å²) in [6.45, 7) is 7.74. The van der Waals surface area contributed by atoms with Crippen LogP contribution in [0.5, 0.6) is 0 Å². The fraction of sp³-hybridized carbons (Fsp3) is 0.458. The molecule has 0 atom stereocenters. The standard InChI is InChI=1S/C24H33N3O3S2/c1-3-32(29,30)27-15-13-26(14-16-27)18-21-8-10-22(11-9-21)24(28)25-12-17-31-19-23-7-5-4-6-20(23)2/h4-11H,3,12-19H2,1-2H3,(H,25,28). The van der Waals surface area contributed by atoms with E-state index in [0.717, 1.165) is 36.7 Å². The van der Waals surface area contributed by atoms with Crippen molar-refractivity contribution in [1.29, 1.82) is 0 Å². The number of thioether (sulfide) groups is 1. The fourth-order valence-electron chi connectivity index (χ4n) is 3.66. The summed E-state index contributed by atoms with van der Waals surface area (Å²) < 4.78 is 25.5. The Labute approximate surface area is 196 Å². The lowest BCUT2D eigenvalue weighted by molar-refractivity contribution is 0.0956. The molecule has 0 saturated carbocycles. The minimum atomic E-state index is -3.10. The first-order valence-electron chi connectivity index (χ1n) is 11.1. The molecule has 1 N–H and O–H groups in total. The quantitative estimate of drug-likeness (QED) is 0.535. The molecule has 1 amide bonds. The number of nitrogens with zero attached hydrogens (tertiary/aromatic N) is 2. The van der Waals surface area contributed by atoms with Crippen molar-refractivity contribution in [2.75, 3.05) is 44.2 Å². The van der Waals surface area contributed by atoms with Gasteiger partial charge in [-0.25, -0.2) is 8.42 Å². The highest BCUT2D eigenvalue weighted by Gasteiger charge is 2.25. The summed E-state index contributed by atoms with van der Waals surface area (Å²) in [5.41, 5.74) is 4.43. The Balaban J connectivity index is 1.37. The summed E-state index contributed by atoms with van der Waals surface area (Å²) >= 11 is 1.82. The second kappa shape index (κ2) is 11.8. The lowest BCUT2D eigenvalue weighted by atomic mass is 10.1. The molecule has 2 aromatic carbocycles. The first kappa shape index (κ1) is 24.8. The van der Waals surface area contributed by atoms with Crippen LogP contribution in [-0.2, 0) is 22.3 Å². The summed E-state index contributed by atoms with van der Waals surface area (Å²) in [5.74, 6) is 1.93. The summed E-state index contributed by atoms with van der Waals surface area (Å²) in [6, 6.07) is 16.1. The number of amides is 1. The van der Waals surface area contributed by atoms with Gasteiger partial charge in [0.2, 0.25) is 10.0 Å². The average molecular weight is 476 g/mol. The Morgan fingerprint density at radius 2 is 1.72 bits per heavy atom. The molecule has 2 aromatic rings. The monoisotopic (exact) mass is 475 g/mol. The number of benzene rings is 2. The van der Waals surface area contributed by atoms with Crippen molar-refractivity contribution >= 4 is 27.7 Å². The number of aryl methyl sites for hydroxylation is 1. The Morgan fingerprint density at radius 1 is 1.03 bits per heavy atom. The van der Waals surface area contributed by atoms with Crippen LogP contribution < -0.4 is 5.32 Å². The van der Waals surface area contributed by atoms with Gasteiger partial charge in [-0.3, -0.25) is 9.69 Å². The van der Waals surface area contributed by atoms with Gasteiger partial charge >= 0.3 is 0 Å². The number of rotatable bonds is 10. The summed E-state index contributed by atoms with van der Waals surface area (Å²) in [6.07, 6.45) is 0. The minimum absolute atomic E-state index is 0.0496. The predicted octanol–water partition coefficient (Wildman–Crippen LogP) is 3.13. The molecule has 1 heterocycles. The highest BCUT2D eigenvalue weighted by atomic mass is 32.2. The number of piperazine rings is 1. The van der Waals surface area contributed by atoms with Gasteiger partial charge in [-0.2, -0.15) is 16.1 Å². The van der Waals surface area contributed by atoms with Gasteiger partial charge in [0.15, 0.2) is 0 Å². The van der Waals surface area contributed by atoms with Gasteiger partial charge in [-0.1, -0.05) is 36.4 Å². The van der Waals surface area contributed by atoms with E-state index in [1.54, 1.807) is 11.2 Å². The molecule has 6 nitrogen and oxygen atoms in total. The van der Waals surface area contributed by atoms with Crippen LogP contribution in [0.3, 0.4) is 0 Å². The molecule has 174 valence electrons. The number of nitrogens with one attached hydrogen (secondary N) is 1. The highest BCUT2D eigenvalue weighted by molar-refractivity contribution is 7.98. The molecule has 3 rings (SSSR count). The molecule has 0 aromatic heterocycles. The van der Waals surface area contributed by atoms with E-state index in [4.69, 9.17) is 0 Å². The molecular formula is C24H33N3O3S2. The van der Waals surface area contributed by atoms with Crippen LogP contribution in [0, 0.1) is 6.92 Å². The molecule has 1 fully saturated rings. The van der Waals surface area contributed by atoms with Crippen LogP contribution in [0.1, 0.15) is 34.0 Å². The lowest BCUT2D eigenvalue weighted by Gasteiger charge is -2.33. The first-order chi connectivity index (χ1) is 15.4. The van der Waals surface area contributed by atoms with Crippen LogP contribution in [0.2, 0.25) is 0 Å². The maximum Gasteiger partial charge on any atom is 0.251 e. The average Bonchev–Trinajstić information content (AvgIpc) is 2.80. The number of sulfonamides is 1. The second-order valence-electron chi connectivity index (χ2n) is 8.01. The van der Waals surface area contributed by atoms with E-state index in [-0.39, 0.29) is 11.7 Å². The van der Waals surface area contributed by atoms with Crippen molar-refractivity contribution in [2.24, 2.45) is 0 Å². The molecule has 0 bridgehead atoms. The van der Waals surface area contributed by atoms with Gasteiger partial charge in [0, 0.05) is 56.3 Å². The third kappa shape index (κ3) is 7.07. The third-order valence-electron chi connectivity index (χ3n) is 5.76. The van der Waals surface area contributed by atoms with Gasteiger partial charge in [-0.15, -0.1) is 0 Å². The van der Waals surface area contributed by atoms with Crippen molar-refractivity contribution in [3.8, 4) is 0 Å². The number of carbonyl (C=O) groups excluding carboxylic acids is 1. The van der Waals surface area contributed by atoms with Crippen LogP contribution in [-0.4, -0.2) is 67.8 Å². The summed E-state index contributed by atoms with van der Waals surface area (Å²) in [4.78, 5) is 14.7. The molecule has 0 unspecified atom stereocenters. The molecule has 0 aliphatic carbocycles. The normalized spacial score (nSPS) is 15.6. The van der Waals surface area contributed by atoms with Gasteiger partial charge in [0.1, 0.15) is 0 Å². The highest BCUT2D eigenvalue weighted by Crippen LogP contribution is 2.16. The zero-order chi connectivity index (χ0) is 23.0. The molecule has 1 aliphatic heterocycles. The Morgan fingerprint density at radius 3 is 2.38 bits per heavy atom. The van der Waals surface area contributed by atoms with Crippen LogP contribution in [0.15, 0.2) is 48.5 Å². The fourth-order valence-corrected chi connectivity index (χ4v) is 5.68. The Hall–Kier alpha value is -1.87. The van der Waals surface area contributed by atoms with Crippen LogP contribution in [0.25, 0.3) is 0 Å². The zero-order valence-electron chi connectivity index (χ0n) is 18.9. The first-order valence-corrected chi connectivity index (χ1v) is 13.8. The summed E-state index contributed by atoms with van der Waals surface area (Å²) in [5, 5.41) is 2.99. The van der Waals surface area contributed by atoms with Gasteiger partial charge < -0.3 is 5.32 Å². The lowest BCUT2D eigenvalue weighted by Crippen LogP contribution is -2.48. The van der Waals surface area contributed by atoms with E-state index in [1.165, 1.54) is 11.1 Å². The molecule has 8 heteroatoms. The predicted molar refractivity (Wildman–Crippen MR) is 132 cm³/mol. The molecule has 0 spiro atoms. The van der Waals surface area contributed by atoms with E-state index in [9.17, 15) is 13.2 Å². The van der Waals surface area contributed by atoms with E-state index in [2.05, 4.69) is 41.4 Å². The van der Waals surface area contributed by atoms with Crippen molar-refractivity contribution in [2.45, 2.75) is 26.1 Å². The molecule has 1 aliphatic rings. The third-order valence-corrected chi connectivity index (χ3v) is 8.65. The van der Waals surface area contributed by atoms with E-state index in [1.807, 2.05) is 36.0 Å². The SMILES string of the molecule is CCS(=O)(=O)N1CCN(Cc2ccc(C(=O)NCCSCc3ccccc3C)cc2)CC1. The number of carbonyl (C=O) groups is 1. The van der Waals surface area contributed by atoms with Crippen molar-refractivity contribution in [3.05, 3.63) is 70.8 Å². The topological polar surface area (TPSA) is 69.7 Å².